The average molecular weight is 244 g/mol. The van der Waals surface area contributed by atoms with Gasteiger partial charge in [0.05, 0.1) is 0 Å². The molecule has 0 radical (unpaired) electrons. The Morgan fingerprint density at radius 1 is 1.44 bits per heavy atom. The van der Waals surface area contributed by atoms with Crippen molar-refractivity contribution in [2.45, 2.75) is 39.4 Å². The predicted molar refractivity (Wildman–Crippen MR) is 75.3 cm³/mol. The molecule has 1 heterocycles. The van der Waals surface area contributed by atoms with Gasteiger partial charge in [-0.15, -0.1) is 0 Å². The second-order valence-corrected chi connectivity index (χ2v) is 7.30. The van der Waals surface area contributed by atoms with E-state index >= 15 is 0 Å². The Kier molecular flexibility index (Phi) is 6.16. The number of nitrogens with zero attached hydrogens (tertiary/aromatic N) is 1. The number of nitrogens with one attached hydrogen (secondary N) is 1. The van der Waals surface area contributed by atoms with Crippen LogP contribution in [0, 0.1) is 5.41 Å². The van der Waals surface area contributed by atoms with Gasteiger partial charge < -0.3 is 10.2 Å². The molecule has 16 heavy (non-hydrogen) atoms. The van der Waals surface area contributed by atoms with Gasteiger partial charge in [-0.05, 0) is 18.4 Å². The summed E-state index contributed by atoms with van der Waals surface area (Å²) in [6.45, 7) is 15.4. The van der Waals surface area contributed by atoms with Crippen LogP contribution in [-0.4, -0.2) is 48.6 Å². The number of rotatable bonds is 6. The number of hydrogen-bond acceptors (Lipinski definition) is 3. The van der Waals surface area contributed by atoms with E-state index in [4.69, 9.17) is 0 Å². The maximum Gasteiger partial charge on any atom is 0.0147 e. The highest BCUT2D eigenvalue weighted by Crippen LogP contribution is 2.22. The Morgan fingerprint density at radius 3 is 2.81 bits per heavy atom. The van der Waals surface area contributed by atoms with E-state index in [2.05, 4.69) is 49.7 Å². The summed E-state index contributed by atoms with van der Waals surface area (Å²) >= 11 is 2.11. The Balaban J connectivity index is 2.27. The third-order valence-electron chi connectivity index (χ3n) is 3.01. The topological polar surface area (TPSA) is 15.3 Å². The van der Waals surface area contributed by atoms with E-state index in [1.165, 1.54) is 31.8 Å². The zero-order valence-electron chi connectivity index (χ0n) is 11.4. The van der Waals surface area contributed by atoms with E-state index in [9.17, 15) is 0 Å². The second-order valence-electron chi connectivity index (χ2n) is 5.76. The Morgan fingerprint density at radius 2 is 2.19 bits per heavy atom. The van der Waals surface area contributed by atoms with Crippen molar-refractivity contribution >= 4 is 11.8 Å². The standard InChI is InChI=1S/C13H28N2S/c1-5-6-14-10-13(3,4)11-15-7-8-16-12(2)9-15/h12,14H,5-11H2,1-4H3. The van der Waals surface area contributed by atoms with Gasteiger partial charge in [0.2, 0.25) is 0 Å². The third kappa shape index (κ3) is 5.55. The molecule has 1 aliphatic rings. The van der Waals surface area contributed by atoms with Gasteiger partial charge in [-0.25, -0.2) is 0 Å². The van der Waals surface area contributed by atoms with Gasteiger partial charge in [0.1, 0.15) is 0 Å². The first-order chi connectivity index (χ1) is 7.53. The van der Waals surface area contributed by atoms with E-state index in [-0.39, 0.29) is 0 Å². The smallest absolute Gasteiger partial charge is 0.0147 e. The first-order valence-electron chi connectivity index (χ1n) is 6.58. The van der Waals surface area contributed by atoms with Gasteiger partial charge >= 0.3 is 0 Å². The molecule has 1 saturated heterocycles. The molecule has 0 amide bonds. The lowest BCUT2D eigenvalue weighted by molar-refractivity contribution is 0.180. The molecule has 0 saturated carbocycles. The Bertz CT molecular complexity index is 194. The minimum Gasteiger partial charge on any atom is -0.316 e. The number of hydrogen-bond donors (Lipinski definition) is 1. The van der Waals surface area contributed by atoms with Gasteiger partial charge in [0, 0.05) is 37.2 Å². The van der Waals surface area contributed by atoms with Gasteiger partial charge in [0.25, 0.3) is 0 Å². The summed E-state index contributed by atoms with van der Waals surface area (Å²) in [6.07, 6.45) is 1.23. The molecule has 0 aromatic heterocycles. The number of thioether (sulfide) groups is 1. The molecule has 1 aliphatic heterocycles. The highest BCUT2D eigenvalue weighted by molar-refractivity contribution is 7.99. The van der Waals surface area contributed by atoms with Crippen molar-refractivity contribution in [3.63, 3.8) is 0 Å². The van der Waals surface area contributed by atoms with Crippen molar-refractivity contribution in [1.29, 1.82) is 0 Å². The van der Waals surface area contributed by atoms with Gasteiger partial charge in [-0.2, -0.15) is 11.8 Å². The van der Waals surface area contributed by atoms with Crippen LogP contribution in [0.5, 0.6) is 0 Å². The summed E-state index contributed by atoms with van der Waals surface area (Å²) in [4.78, 5) is 2.63. The fourth-order valence-corrected chi connectivity index (χ4v) is 3.38. The minimum atomic E-state index is 0.400. The molecule has 0 aliphatic carbocycles. The molecule has 0 spiro atoms. The molecule has 1 atom stereocenters. The summed E-state index contributed by atoms with van der Waals surface area (Å²) in [5.74, 6) is 1.31. The van der Waals surface area contributed by atoms with E-state index < -0.39 is 0 Å². The van der Waals surface area contributed by atoms with Gasteiger partial charge in [0.15, 0.2) is 0 Å². The largest absolute Gasteiger partial charge is 0.316 e. The summed E-state index contributed by atoms with van der Waals surface area (Å²) in [6, 6.07) is 0. The summed E-state index contributed by atoms with van der Waals surface area (Å²) < 4.78 is 0. The van der Waals surface area contributed by atoms with Crippen molar-refractivity contribution in [2.24, 2.45) is 5.41 Å². The van der Waals surface area contributed by atoms with Crippen molar-refractivity contribution < 1.29 is 0 Å². The van der Waals surface area contributed by atoms with Crippen LogP contribution in [0.4, 0.5) is 0 Å². The third-order valence-corrected chi connectivity index (χ3v) is 4.14. The quantitative estimate of drug-likeness (QED) is 0.723. The highest BCUT2D eigenvalue weighted by atomic mass is 32.2. The summed E-state index contributed by atoms with van der Waals surface area (Å²) in [5.41, 5.74) is 0.400. The lowest BCUT2D eigenvalue weighted by Crippen LogP contribution is -2.45. The molecule has 1 fully saturated rings. The monoisotopic (exact) mass is 244 g/mol. The first kappa shape index (κ1) is 14.3. The Labute approximate surface area is 106 Å². The molecule has 0 bridgehead atoms. The molecular formula is C13H28N2S. The minimum absolute atomic E-state index is 0.400. The van der Waals surface area contributed by atoms with E-state index in [0.29, 0.717) is 5.41 Å². The second kappa shape index (κ2) is 6.87. The summed E-state index contributed by atoms with van der Waals surface area (Å²) in [7, 11) is 0. The van der Waals surface area contributed by atoms with Crippen LogP contribution in [-0.2, 0) is 0 Å². The van der Waals surface area contributed by atoms with E-state index in [1.54, 1.807) is 0 Å². The first-order valence-corrected chi connectivity index (χ1v) is 7.63. The molecule has 1 N–H and O–H groups in total. The van der Waals surface area contributed by atoms with Crippen LogP contribution in [0.3, 0.4) is 0 Å². The van der Waals surface area contributed by atoms with Crippen molar-refractivity contribution in [1.82, 2.24) is 10.2 Å². The normalized spacial score (nSPS) is 23.6. The SMILES string of the molecule is CCCNCC(C)(C)CN1CCSC(C)C1. The molecule has 96 valence electrons. The van der Waals surface area contributed by atoms with Gasteiger partial charge in [-0.3, -0.25) is 0 Å². The van der Waals surface area contributed by atoms with Crippen LogP contribution in [0.15, 0.2) is 0 Å². The average Bonchev–Trinajstić information content (AvgIpc) is 2.17. The molecular weight excluding hydrogens is 216 g/mol. The van der Waals surface area contributed by atoms with Crippen LogP contribution >= 0.6 is 11.8 Å². The summed E-state index contributed by atoms with van der Waals surface area (Å²) in [5, 5.41) is 4.36. The molecule has 1 rings (SSSR count). The fraction of sp³-hybridized carbons (Fsp3) is 1.00. The predicted octanol–water partition coefficient (Wildman–Crippen LogP) is 2.45. The van der Waals surface area contributed by atoms with Gasteiger partial charge in [-0.1, -0.05) is 27.7 Å². The van der Waals surface area contributed by atoms with Crippen molar-refractivity contribution in [3.8, 4) is 0 Å². The molecule has 0 aromatic carbocycles. The van der Waals surface area contributed by atoms with E-state index in [1.807, 2.05) is 0 Å². The van der Waals surface area contributed by atoms with Crippen molar-refractivity contribution in [3.05, 3.63) is 0 Å². The lowest BCUT2D eigenvalue weighted by atomic mass is 9.92. The lowest BCUT2D eigenvalue weighted by Gasteiger charge is -2.37. The molecule has 2 nitrogen and oxygen atoms in total. The maximum absolute atomic E-state index is 3.54. The Hall–Kier alpha value is 0.270. The fourth-order valence-electron chi connectivity index (χ4n) is 2.30. The van der Waals surface area contributed by atoms with E-state index in [0.717, 1.165) is 18.3 Å². The van der Waals surface area contributed by atoms with Crippen LogP contribution < -0.4 is 5.32 Å². The van der Waals surface area contributed by atoms with Crippen molar-refractivity contribution in [2.75, 3.05) is 38.5 Å². The maximum atomic E-state index is 3.54. The van der Waals surface area contributed by atoms with Crippen LogP contribution in [0.2, 0.25) is 0 Å². The highest BCUT2D eigenvalue weighted by Gasteiger charge is 2.24. The molecule has 3 heteroatoms. The zero-order chi connectivity index (χ0) is 12.0. The van der Waals surface area contributed by atoms with Crippen LogP contribution in [0.1, 0.15) is 34.1 Å². The molecule has 0 aromatic rings. The van der Waals surface area contributed by atoms with Crippen LogP contribution in [0.25, 0.3) is 0 Å². The molecule has 1 unspecified atom stereocenters. The zero-order valence-corrected chi connectivity index (χ0v) is 12.2.